The summed E-state index contributed by atoms with van der Waals surface area (Å²) in [5.74, 6) is 1.41. The number of hydrogen-bond donors (Lipinski definition) is 1. The first-order chi connectivity index (χ1) is 9.69. The lowest BCUT2D eigenvalue weighted by Gasteiger charge is -2.04. The average molecular weight is 273 g/mol. The van der Waals surface area contributed by atoms with Crippen LogP contribution in [-0.4, -0.2) is 23.3 Å². The Hall–Kier alpha value is -1.68. The van der Waals surface area contributed by atoms with E-state index in [2.05, 4.69) is 54.5 Å². The van der Waals surface area contributed by atoms with Gasteiger partial charge in [-0.2, -0.15) is 0 Å². The van der Waals surface area contributed by atoms with Crippen molar-refractivity contribution in [2.45, 2.75) is 40.0 Å². The van der Waals surface area contributed by atoms with Crippen LogP contribution in [0.25, 0.3) is 0 Å². The molecule has 0 spiro atoms. The predicted molar refractivity (Wildman–Crippen MR) is 79.9 cm³/mol. The number of aromatic nitrogens is 2. The van der Waals surface area contributed by atoms with Gasteiger partial charge in [-0.05, 0) is 37.9 Å². The Morgan fingerprint density at radius 2 is 1.90 bits per heavy atom. The van der Waals surface area contributed by atoms with E-state index in [-0.39, 0.29) is 0 Å². The molecule has 20 heavy (non-hydrogen) atoms. The fourth-order valence-electron chi connectivity index (χ4n) is 2.11. The van der Waals surface area contributed by atoms with E-state index in [0.29, 0.717) is 18.2 Å². The molecule has 0 aliphatic rings. The van der Waals surface area contributed by atoms with Crippen molar-refractivity contribution < 1.29 is 4.42 Å². The number of aryl methyl sites for hydroxylation is 2. The van der Waals surface area contributed by atoms with E-state index in [1.165, 1.54) is 16.7 Å². The molecule has 0 radical (unpaired) electrons. The number of nitrogens with zero attached hydrogens (tertiary/aromatic N) is 2. The normalized spacial score (nSPS) is 10.9. The molecule has 0 atom stereocenters. The lowest BCUT2D eigenvalue weighted by Crippen LogP contribution is -2.17. The molecule has 0 saturated heterocycles. The molecule has 0 unspecified atom stereocenters. The molecular weight excluding hydrogens is 250 g/mol. The Bertz CT molecular complexity index is 548. The van der Waals surface area contributed by atoms with Crippen LogP contribution in [0.5, 0.6) is 0 Å². The molecule has 1 N–H and O–H groups in total. The molecule has 2 rings (SSSR count). The molecule has 0 bridgehead atoms. The molecule has 2 aromatic rings. The summed E-state index contributed by atoms with van der Waals surface area (Å²) in [5.41, 5.74) is 3.78. The minimum absolute atomic E-state index is 0.698. The summed E-state index contributed by atoms with van der Waals surface area (Å²) in [6.45, 7) is 8.28. The molecule has 0 aliphatic carbocycles. The van der Waals surface area contributed by atoms with E-state index in [4.69, 9.17) is 4.42 Å². The summed E-state index contributed by atoms with van der Waals surface area (Å²) in [4.78, 5) is 0. The van der Waals surface area contributed by atoms with E-state index in [1.54, 1.807) is 0 Å². The number of hydrogen-bond acceptors (Lipinski definition) is 4. The van der Waals surface area contributed by atoms with E-state index >= 15 is 0 Å². The van der Waals surface area contributed by atoms with Gasteiger partial charge >= 0.3 is 0 Å². The Labute approximate surface area is 120 Å². The number of benzene rings is 1. The third kappa shape index (κ3) is 4.17. The highest BCUT2D eigenvalue weighted by molar-refractivity contribution is 5.32. The highest BCUT2D eigenvalue weighted by Gasteiger charge is 2.08. The van der Waals surface area contributed by atoms with Crippen LogP contribution < -0.4 is 5.32 Å². The minimum Gasteiger partial charge on any atom is -0.425 e. The molecule has 108 valence electrons. The number of rotatable bonds is 7. The van der Waals surface area contributed by atoms with Gasteiger partial charge in [-0.15, -0.1) is 10.2 Å². The van der Waals surface area contributed by atoms with Gasteiger partial charge in [0.05, 0.1) is 6.42 Å². The fourth-order valence-corrected chi connectivity index (χ4v) is 2.11. The van der Waals surface area contributed by atoms with Gasteiger partial charge in [0.15, 0.2) is 0 Å². The van der Waals surface area contributed by atoms with Gasteiger partial charge in [0, 0.05) is 13.0 Å². The minimum atomic E-state index is 0.698. The van der Waals surface area contributed by atoms with E-state index in [1.807, 2.05) is 0 Å². The van der Waals surface area contributed by atoms with E-state index < -0.39 is 0 Å². The molecule has 1 heterocycles. The van der Waals surface area contributed by atoms with Crippen LogP contribution in [-0.2, 0) is 12.8 Å². The van der Waals surface area contributed by atoms with Crippen LogP contribution in [0.15, 0.2) is 22.6 Å². The van der Waals surface area contributed by atoms with Gasteiger partial charge in [0.2, 0.25) is 11.8 Å². The van der Waals surface area contributed by atoms with Crippen LogP contribution in [0.1, 0.15) is 41.8 Å². The summed E-state index contributed by atoms with van der Waals surface area (Å²) in [7, 11) is 0. The maximum atomic E-state index is 5.70. The van der Waals surface area contributed by atoms with Crippen LogP contribution >= 0.6 is 0 Å². The van der Waals surface area contributed by atoms with E-state index in [9.17, 15) is 0 Å². The molecular formula is C16H23N3O. The zero-order valence-corrected chi connectivity index (χ0v) is 12.6. The van der Waals surface area contributed by atoms with Crippen LogP contribution in [0.2, 0.25) is 0 Å². The van der Waals surface area contributed by atoms with Gasteiger partial charge in [0.1, 0.15) is 0 Å². The van der Waals surface area contributed by atoms with E-state index in [0.717, 1.165) is 25.9 Å². The number of nitrogens with one attached hydrogen (secondary N) is 1. The summed E-state index contributed by atoms with van der Waals surface area (Å²) in [5, 5.41) is 11.6. The molecule has 4 nitrogen and oxygen atoms in total. The molecule has 4 heteroatoms. The first-order valence-electron chi connectivity index (χ1n) is 7.27. The highest BCUT2D eigenvalue weighted by Crippen LogP contribution is 2.15. The predicted octanol–water partition coefficient (Wildman–Crippen LogP) is 2.82. The Morgan fingerprint density at radius 3 is 2.70 bits per heavy atom. The largest absolute Gasteiger partial charge is 0.425 e. The van der Waals surface area contributed by atoms with Crippen molar-refractivity contribution in [2.75, 3.05) is 13.1 Å². The summed E-state index contributed by atoms with van der Waals surface area (Å²) >= 11 is 0. The summed E-state index contributed by atoms with van der Waals surface area (Å²) in [6, 6.07) is 6.44. The van der Waals surface area contributed by atoms with Gasteiger partial charge in [-0.1, -0.05) is 30.7 Å². The van der Waals surface area contributed by atoms with Crippen molar-refractivity contribution in [3.8, 4) is 0 Å². The Morgan fingerprint density at radius 1 is 1.10 bits per heavy atom. The molecule has 1 aromatic heterocycles. The van der Waals surface area contributed by atoms with Crippen molar-refractivity contribution in [3.05, 3.63) is 46.7 Å². The Kier molecular flexibility index (Phi) is 5.30. The maximum Gasteiger partial charge on any atom is 0.220 e. The molecule has 0 amide bonds. The molecule has 0 aliphatic heterocycles. The van der Waals surface area contributed by atoms with Gasteiger partial charge < -0.3 is 9.73 Å². The van der Waals surface area contributed by atoms with Crippen molar-refractivity contribution in [1.82, 2.24) is 15.5 Å². The lowest BCUT2D eigenvalue weighted by molar-refractivity contribution is 0.451. The zero-order chi connectivity index (χ0) is 14.4. The standard InChI is InChI=1S/C16H23N3O/c1-4-8-17-9-7-15-18-19-16(20-15)11-14-10-12(2)5-6-13(14)3/h5-6,10,17H,4,7-9,11H2,1-3H3. The van der Waals surface area contributed by atoms with Gasteiger partial charge in [-0.3, -0.25) is 0 Å². The van der Waals surface area contributed by atoms with Crippen molar-refractivity contribution in [3.63, 3.8) is 0 Å². The van der Waals surface area contributed by atoms with Gasteiger partial charge in [-0.25, -0.2) is 0 Å². The smallest absolute Gasteiger partial charge is 0.220 e. The topological polar surface area (TPSA) is 51.0 Å². The van der Waals surface area contributed by atoms with Crippen LogP contribution in [0.4, 0.5) is 0 Å². The second-order valence-corrected chi connectivity index (χ2v) is 5.20. The fraction of sp³-hybridized carbons (Fsp3) is 0.500. The quantitative estimate of drug-likeness (QED) is 0.788. The third-order valence-corrected chi connectivity index (χ3v) is 3.30. The average Bonchev–Trinajstić information content (AvgIpc) is 2.87. The second kappa shape index (κ2) is 7.20. The van der Waals surface area contributed by atoms with Crippen molar-refractivity contribution in [2.24, 2.45) is 0 Å². The zero-order valence-electron chi connectivity index (χ0n) is 12.6. The van der Waals surface area contributed by atoms with Gasteiger partial charge in [0.25, 0.3) is 0 Å². The monoisotopic (exact) mass is 273 g/mol. The Balaban J connectivity index is 1.93. The molecule has 1 aromatic carbocycles. The SMILES string of the molecule is CCCNCCc1nnc(Cc2cc(C)ccc2C)o1. The summed E-state index contributed by atoms with van der Waals surface area (Å²) in [6.07, 6.45) is 2.64. The molecule has 0 saturated carbocycles. The van der Waals surface area contributed by atoms with Crippen LogP contribution in [0, 0.1) is 13.8 Å². The second-order valence-electron chi connectivity index (χ2n) is 5.20. The molecule has 0 fully saturated rings. The third-order valence-electron chi connectivity index (χ3n) is 3.30. The van der Waals surface area contributed by atoms with Crippen molar-refractivity contribution in [1.29, 1.82) is 0 Å². The first-order valence-corrected chi connectivity index (χ1v) is 7.27. The van der Waals surface area contributed by atoms with Crippen molar-refractivity contribution >= 4 is 0 Å². The van der Waals surface area contributed by atoms with Crippen LogP contribution in [0.3, 0.4) is 0 Å². The first kappa shape index (κ1) is 14.7. The lowest BCUT2D eigenvalue weighted by atomic mass is 10.0. The maximum absolute atomic E-state index is 5.70. The highest BCUT2D eigenvalue weighted by atomic mass is 16.4. The summed E-state index contributed by atoms with van der Waals surface area (Å²) < 4.78 is 5.70.